The summed E-state index contributed by atoms with van der Waals surface area (Å²) in [5, 5.41) is 3.90. The van der Waals surface area contributed by atoms with Gasteiger partial charge in [0.1, 0.15) is 11.6 Å². The van der Waals surface area contributed by atoms with Gasteiger partial charge in [-0.2, -0.15) is 4.31 Å². The molecule has 1 saturated heterocycles. The van der Waals surface area contributed by atoms with Crippen molar-refractivity contribution in [1.82, 2.24) is 14.4 Å². The second-order valence-corrected chi connectivity index (χ2v) is 9.46. The van der Waals surface area contributed by atoms with Crippen molar-refractivity contribution in [3.8, 4) is 0 Å². The molecule has 2 aromatic rings. The minimum atomic E-state index is -3.68. The van der Waals surface area contributed by atoms with Crippen LogP contribution in [0, 0.1) is 19.7 Å². The first kappa shape index (κ1) is 20.8. The zero-order valence-corrected chi connectivity index (χ0v) is 17.4. The molecule has 0 aliphatic carbocycles. The summed E-state index contributed by atoms with van der Waals surface area (Å²) in [7, 11) is -3.68. The largest absolute Gasteiger partial charge is 0.361 e. The summed E-state index contributed by atoms with van der Waals surface area (Å²) in [5.41, 5.74) is 1.84. The fourth-order valence-electron chi connectivity index (χ4n) is 2.97. The molecule has 10 heteroatoms. The number of benzene rings is 1. The molecule has 0 radical (unpaired) electrons. The summed E-state index contributed by atoms with van der Waals surface area (Å²) in [4.78, 5) is 14.2. The standard InChI is InChI=1S/C18H22FN3O4S2/c1-13-17(14(2)26-20-13)11-27-12-18(23)21-7-9-22(10-8-21)28(24,25)16-5-3-15(19)4-6-16/h3-6H,7-12H2,1-2H3. The van der Waals surface area contributed by atoms with E-state index in [-0.39, 0.29) is 23.9 Å². The van der Waals surface area contributed by atoms with Crippen molar-refractivity contribution < 1.29 is 22.1 Å². The van der Waals surface area contributed by atoms with Gasteiger partial charge in [-0.25, -0.2) is 12.8 Å². The Morgan fingerprint density at radius 3 is 2.39 bits per heavy atom. The van der Waals surface area contributed by atoms with Crippen LogP contribution in [0.2, 0.25) is 0 Å². The van der Waals surface area contributed by atoms with E-state index >= 15 is 0 Å². The van der Waals surface area contributed by atoms with Gasteiger partial charge in [0.15, 0.2) is 0 Å². The van der Waals surface area contributed by atoms with Crippen LogP contribution in [0.15, 0.2) is 33.7 Å². The Morgan fingerprint density at radius 2 is 1.82 bits per heavy atom. The normalized spacial score (nSPS) is 15.8. The molecule has 7 nitrogen and oxygen atoms in total. The van der Waals surface area contributed by atoms with Crippen molar-refractivity contribution in [2.24, 2.45) is 0 Å². The Labute approximate surface area is 167 Å². The van der Waals surface area contributed by atoms with Gasteiger partial charge in [0.2, 0.25) is 15.9 Å². The fourth-order valence-corrected chi connectivity index (χ4v) is 5.47. The lowest BCUT2D eigenvalue weighted by Gasteiger charge is -2.34. The van der Waals surface area contributed by atoms with E-state index in [4.69, 9.17) is 4.52 Å². The molecule has 152 valence electrons. The molecule has 1 aliphatic rings. The smallest absolute Gasteiger partial charge is 0.243 e. The van der Waals surface area contributed by atoms with Crippen molar-refractivity contribution in [3.63, 3.8) is 0 Å². The van der Waals surface area contributed by atoms with Crippen LogP contribution >= 0.6 is 11.8 Å². The molecule has 2 heterocycles. The molecule has 0 bridgehead atoms. The van der Waals surface area contributed by atoms with Crippen LogP contribution in [0.25, 0.3) is 0 Å². The van der Waals surface area contributed by atoms with Crippen LogP contribution in [-0.2, 0) is 20.6 Å². The van der Waals surface area contributed by atoms with Crippen LogP contribution in [-0.4, -0.2) is 60.6 Å². The Morgan fingerprint density at radius 1 is 1.18 bits per heavy atom. The van der Waals surface area contributed by atoms with Gasteiger partial charge in [-0.05, 0) is 38.1 Å². The van der Waals surface area contributed by atoms with Crippen molar-refractivity contribution >= 4 is 27.7 Å². The minimum absolute atomic E-state index is 0.0180. The summed E-state index contributed by atoms with van der Waals surface area (Å²) < 4.78 is 44.7. The lowest BCUT2D eigenvalue weighted by atomic mass is 10.2. The van der Waals surface area contributed by atoms with E-state index in [9.17, 15) is 17.6 Å². The molecule has 1 aromatic heterocycles. The zero-order valence-electron chi connectivity index (χ0n) is 15.7. The molecule has 0 saturated carbocycles. The molecule has 1 aromatic carbocycles. The Bertz CT molecular complexity index is 917. The number of halogens is 1. The lowest BCUT2D eigenvalue weighted by Crippen LogP contribution is -2.50. The van der Waals surface area contributed by atoms with E-state index in [0.29, 0.717) is 24.6 Å². The number of aryl methyl sites for hydroxylation is 2. The Hall–Kier alpha value is -1.91. The number of rotatable bonds is 6. The molecule has 28 heavy (non-hydrogen) atoms. The zero-order chi connectivity index (χ0) is 20.3. The molecule has 0 atom stereocenters. The SMILES string of the molecule is Cc1noc(C)c1CSCC(=O)N1CCN(S(=O)(=O)c2ccc(F)cc2)CC1. The van der Waals surface area contributed by atoms with Crippen LogP contribution in [0.4, 0.5) is 4.39 Å². The summed E-state index contributed by atoms with van der Waals surface area (Å²) >= 11 is 1.49. The number of nitrogens with zero attached hydrogens (tertiary/aromatic N) is 3. The molecular formula is C18H22FN3O4S2. The van der Waals surface area contributed by atoms with Crippen LogP contribution in [0.3, 0.4) is 0 Å². The third-order valence-corrected chi connectivity index (χ3v) is 7.55. The van der Waals surface area contributed by atoms with Gasteiger partial charge in [0, 0.05) is 37.5 Å². The van der Waals surface area contributed by atoms with Gasteiger partial charge < -0.3 is 9.42 Å². The van der Waals surface area contributed by atoms with Gasteiger partial charge in [0.25, 0.3) is 0 Å². The number of sulfonamides is 1. The molecular weight excluding hydrogens is 405 g/mol. The monoisotopic (exact) mass is 427 g/mol. The van der Waals surface area contributed by atoms with Crippen LogP contribution in [0.5, 0.6) is 0 Å². The second-order valence-electron chi connectivity index (χ2n) is 6.53. The van der Waals surface area contributed by atoms with Gasteiger partial charge in [-0.1, -0.05) is 5.16 Å². The first-order valence-corrected chi connectivity index (χ1v) is 11.4. The highest BCUT2D eigenvalue weighted by Gasteiger charge is 2.30. The summed E-state index contributed by atoms with van der Waals surface area (Å²) in [5.74, 6) is 1.22. The van der Waals surface area contributed by atoms with E-state index in [2.05, 4.69) is 5.16 Å². The van der Waals surface area contributed by atoms with E-state index in [0.717, 1.165) is 29.2 Å². The minimum Gasteiger partial charge on any atom is -0.361 e. The van der Waals surface area contributed by atoms with Crippen molar-refractivity contribution in [1.29, 1.82) is 0 Å². The number of piperazine rings is 1. The highest BCUT2D eigenvalue weighted by molar-refractivity contribution is 7.99. The molecule has 3 rings (SSSR count). The Kier molecular flexibility index (Phi) is 6.41. The third-order valence-electron chi connectivity index (χ3n) is 4.70. The molecule has 1 fully saturated rings. The summed E-state index contributed by atoms with van der Waals surface area (Å²) in [6, 6.07) is 4.77. The van der Waals surface area contributed by atoms with Gasteiger partial charge in [0.05, 0.1) is 16.3 Å². The maximum Gasteiger partial charge on any atom is 0.243 e. The number of thioether (sulfide) groups is 1. The molecule has 1 aliphatic heterocycles. The predicted molar refractivity (Wildman–Crippen MR) is 104 cm³/mol. The highest BCUT2D eigenvalue weighted by Crippen LogP contribution is 2.21. The van der Waals surface area contributed by atoms with Crippen LogP contribution in [0.1, 0.15) is 17.0 Å². The third kappa shape index (κ3) is 4.56. The van der Waals surface area contributed by atoms with E-state index < -0.39 is 15.8 Å². The highest BCUT2D eigenvalue weighted by atomic mass is 32.2. The second kappa shape index (κ2) is 8.62. The number of carbonyl (C=O) groups is 1. The predicted octanol–water partition coefficient (Wildman–Crippen LogP) is 2.20. The van der Waals surface area contributed by atoms with E-state index in [1.54, 1.807) is 4.90 Å². The van der Waals surface area contributed by atoms with Crippen molar-refractivity contribution in [2.45, 2.75) is 24.5 Å². The van der Waals surface area contributed by atoms with E-state index in [1.165, 1.54) is 28.2 Å². The first-order valence-electron chi connectivity index (χ1n) is 8.82. The topological polar surface area (TPSA) is 83.7 Å². The summed E-state index contributed by atoms with van der Waals surface area (Å²) in [6.07, 6.45) is 0. The molecule has 0 unspecified atom stereocenters. The number of hydrogen-bond acceptors (Lipinski definition) is 6. The van der Waals surface area contributed by atoms with Gasteiger partial charge >= 0.3 is 0 Å². The first-order chi connectivity index (χ1) is 13.3. The average molecular weight is 428 g/mol. The van der Waals surface area contributed by atoms with Crippen LogP contribution < -0.4 is 0 Å². The van der Waals surface area contributed by atoms with Crippen molar-refractivity contribution in [2.75, 3.05) is 31.9 Å². The maximum absolute atomic E-state index is 13.0. The summed E-state index contributed by atoms with van der Waals surface area (Å²) in [6.45, 7) is 4.84. The van der Waals surface area contributed by atoms with Crippen molar-refractivity contribution in [3.05, 3.63) is 47.1 Å². The quantitative estimate of drug-likeness (QED) is 0.703. The van der Waals surface area contributed by atoms with Gasteiger partial charge in [-0.3, -0.25) is 4.79 Å². The number of aromatic nitrogens is 1. The number of amides is 1. The van der Waals surface area contributed by atoms with E-state index in [1.807, 2.05) is 13.8 Å². The molecule has 0 N–H and O–H groups in total. The number of carbonyl (C=O) groups excluding carboxylic acids is 1. The maximum atomic E-state index is 13.0. The average Bonchev–Trinajstić information content (AvgIpc) is 3.00. The number of hydrogen-bond donors (Lipinski definition) is 0. The van der Waals surface area contributed by atoms with Gasteiger partial charge in [-0.15, -0.1) is 11.8 Å². The molecule has 1 amide bonds. The molecule has 0 spiro atoms. The fraction of sp³-hybridized carbons (Fsp3) is 0.444. The Balaban J connectivity index is 1.50. The lowest BCUT2D eigenvalue weighted by molar-refractivity contribution is -0.129.